The lowest BCUT2D eigenvalue weighted by molar-refractivity contribution is -0.113. The van der Waals surface area contributed by atoms with Crippen LogP contribution in [0.25, 0.3) is 0 Å². The number of anilines is 1. The zero-order valence-corrected chi connectivity index (χ0v) is 14.7. The Labute approximate surface area is 143 Å². The van der Waals surface area contributed by atoms with E-state index in [0.717, 1.165) is 27.2 Å². The van der Waals surface area contributed by atoms with Gasteiger partial charge in [-0.2, -0.15) is 0 Å². The largest absolute Gasteiger partial charge is 0.493 e. The summed E-state index contributed by atoms with van der Waals surface area (Å²) < 4.78 is 6.57. The first-order chi connectivity index (χ1) is 10.6. The second-order valence-electron chi connectivity index (χ2n) is 4.73. The Kier molecular flexibility index (Phi) is 6.80. The molecule has 0 spiro atoms. The number of nitrogens with one attached hydrogen (secondary N) is 1. The molecular weight excluding hydrogens is 362 g/mol. The van der Waals surface area contributed by atoms with Crippen LogP contribution in [-0.4, -0.2) is 24.0 Å². The van der Waals surface area contributed by atoms with Crippen LogP contribution in [0.1, 0.15) is 5.56 Å². The fourth-order valence-corrected chi connectivity index (χ4v) is 2.75. The van der Waals surface area contributed by atoms with E-state index in [1.807, 2.05) is 55.5 Å². The molecule has 22 heavy (non-hydrogen) atoms. The number of amides is 1. The molecule has 0 saturated heterocycles. The summed E-state index contributed by atoms with van der Waals surface area (Å²) in [5, 5.41) is 2.89. The second kappa shape index (κ2) is 8.86. The van der Waals surface area contributed by atoms with E-state index in [-0.39, 0.29) is 5.91 Å². The molecule has 0 aliphatic carbocycles. The number of halogens is 1. The standard InChI is InChI=1S/C17H18BrNO2S/c1-13-7-8-14(11-16(13)18)19-17(20)12-22-10-9-21-15-5-3-2-4-6-15/h2-8,11H,9-10,12H2,1H3,(H,19,20). The van der Waals surface area contributed by atoms with Crippen LogP contribution in [0.2, 0.25) is 0 Å². The predicted molar refractivity (Wildman–Crippen MR) is 96.8 cm³/mol. The number of carbonyl (C=O) groups excluding carboxylic acids is 1. The molecule has 0 saturated carbocycles. The van der Waals surface area contributed by atoms with Crippen molar-refractivity contribution in [2.24, 2.45) is 0 Å². The molecule has 0 heterocycles. The maximum absolute atomic E-state index is 11.9. The molecule has 3 nitrogen and oxygen atoms in total. The summed E-state index contributed by atoms with van der Waals surface area (Å²) in [7, 11) is 0. The van der Waals surface area contributed by atoms with Crippen molar-refractivity contribution in [3.8, 4) is 5.75 Å². The molecule has 0 unspecified atom stereocenters. The molecule has 2 aromatic carbocycles. The maximum Gasteiger partial charge on any atom is 0.234 e. The van der Waals surface area contributed by atoms with Crippen molar-refractivity contribution in [2.75, 3.05) is 23.4 Å². The summed E-state index contributed by atoms with van der Waals surface area (Å²) in [6.45, 7) is 2.61. The Bertz CT molecular complexity index is 619. The van der Waals surface area contributed by atoms with Gasteiger partial charge in [-0.05, 0) is 36.8 Å². The molecular formula is C17H18BrNO2S. The molecule has 5 heteroatoms. The lowest BCUT2D eigenvalue weighted by atomic mass is 10.2. The Morgan fingerprint density at radius 2 is 2.00 bits per heavy atom. The van der Waals surface area contributed by atoms with E-state index in [1.54, 1.807) is 11.8 Å². The van der Waals surface area contributed by atoms with Crippen LogP contribution in [0.15, 0.2) is 53.0 Å². The van der Waals surface area contributed by atoms with E-state index >= 15 is 0 Å². The molecule has 0 aliphatic heterocycles. The molecule has 0 fully saturated rings. The lowest BCUT2D eigenvalue weighted by Crippen LogP contribution is -2.15. The van der Waals surface area contributed by atoms with Crippen LogP contribution in [0.5, 0.6) is 5.75 Å². The van der Waals surface area contributed by atoms with Crippen molar-refractivity contribution >= 4 is 39.3 Å². The fourth-order valence-electron chi connectivity index (χ4n) is 1.77. The quantitative estimate of drug-likeness (QED) is 0.719. The smallest absolute Gasteiger partial charge is 0.234 e. The third-order valence-corrected chi connectivity index (χ3v) is 4.70. The summed E-state index contributed by atoms with van der Waals surface area (Å²) in [6.07, 6.45) is 0. The molecule has 2 aromatic rings. The Balaban J connectivity index is 1.64. The number of ether oxygens (including phenoxy) is 1. The molecule has 1 amide bonds. The minimum Gasteiger partial charge on any atom is -0.493 e. The van der Waals surface area contributed by atoms with Gasteiger partial charge in [-0.3, -0.25) is 4.79 Å². The number of rotatable bonds is 7. The van der Waals surface area contributed by atoms with E-state index in [0.29, 0.717) is 12.4 Å². The number of aryl methyl sites for hydroxylation is 1. The van der Waals surface area contributed by atoms with Gasteiger partial charge in [0.1, 0.15) is 5.75 Å². The van der Waals surface area contributed by atoms with Crippen molar-refractivity contribution in [3.05, 3.63) is 58.6 Å². The van der Waals surface area contributed by atoms with Gasteiger partial charge in [0.2, 0.25) is 5.91 Å². The highest BCUT2D eigenvalue weighted by molar-refractivity contribution is 9.10. The number of para-hydroxylation sites is 1. The van der Waals surface area contributed by atoms with Crippen molar-refractivity contribution in [3.63, 3.8) is 0 Å². The molecule has 0 radical (unpaired) electrons. The Hall–Kier alpha value is -1.46. The second-order valence-corrected chi connectivity index (χ2v) is 6.69. The minimum absolute atomic E-state index is 0.000430. The SMILES string of the molecule is Cc1ccc(NC(=O)CSCCOc2ccccc2)cc1Br. The molecule has 0 aliphatic rings. The van der Waals surface area contributed by atoms with Crippen LogP contribution in [0.4, 0.5) is 5.69 Å². The number of benzene rings is 2. The molecule has 116 valence electrons. The van der Waals surface area contributed by atoms with Crippen molar-refractivity contribution < 1.29 is 9.53 Å². The molecule has 0 aromatic heterocycles. The van der Waals surface area contributed by atoms with E-state index in [4.69, 9.17) is 4.74 Å². The minimum atomic E-state index is 0.000430. The van der Waals surface area contributed by atoms with E-state index in [1.165, 1.54) is 0 Å². The molecule has 2 rings (SSSR count). The first kappa shape index (κ1) is 16.9. The van der Waals surface area contributed by atoms with Crippen LogP contribution in [0.3, 0.4) is 0 Å². The summed E-state index contributed by atoms with van der Waals surface area (Å²) in [5.41, 5.74) is 1.95. The monoisotopic (exact) mass is 379 g/mol. The zero-order chi connectivity index (χ0) is 15.8. The van der Waals surface area contributed by atoms with Gasteiger partial charge >= 0.3 is 0 Å². The zero-order valence-electron chi connectivity index (χ0n) is 12.3. The van der Waals surface area contributed by atoms with E-state index in [9.17, 15) is 4.79 Å². The lowest BCUT2D eigenvalue weighted by Gasteiger charge is -2.08. The highest BCUT2D eigenvalue weighted by Gasteiger charge is 2.04. The predicted octanol–water partition coefficient (Wildman–Crippen LogP) is 4.51. The van der Waals surface area contributed by atoms with Gasteiger partial charge in [0, 0.05) is 15.9 Å². The van der Waals surface area contributed by atoms with Gasteiger partial charge in [0.25, 0.3) is 0 Å². The van der Waals surface area contributed by atoms with Crippen LogP contribution in [0, 0.1) is 6.92 Å². The number of hydrogen-bond donors (Lipinski definition) is 1. The normalized spacial score (nSPS) is 10.3. The number of thioether (sulfide) groups is 1. The van der Waals surface area contributed by atoms with E-state index < -0.39 is 0 Å². The Morgan fingerprint density at radius 3 is 2.73 bits per heavy atom. The van der Waals surface area contributed by atoms with Gasteiger partial charge in [0.15, 0.2) is 0 Å². The number of carbonyl (C=O) groups is 1. The first-order valence-electron chi connectivity index (χ1n) is 6.97. The van der Waals surface area contributed by atoms with Crippen LogP contribution >= 0.6 is 27.7 Å². The van der Waals surface area contributed by atoms with Gasteiger partial charge in [-0.15, -0.1) is 11.8 Å². The number of hydrogen-bond acceptors (Lipinski definition) is 3. The van der Waals surface area contributed by atoms with Crippen molar-refractivity contribution in [1.29, 1.82) is 0 Å². The van der Waals surface area contributed by atoms with E-state index in [2.05, 4.69) is 21.2 Å². The van der Waals surface area contributed by atoms with Crippen molar-refractivity contribution in [2.45, 2.75) is 6.92 Å². The average Bonchev–Trinajstić information content (AvgIpc) is 2.52. The molecule has 0 bridgehead atoms. The highest BCUT2D eigenvalue weighted by atomic mass is 79.9. The summed E-state index contributed by atoms with van der Waals surface area (Å²) >= 11 is 5.02. The van der Waals surface area contributed by atoms with Crippen LogP contribution < -0.4 is 10.1 Å². The highest BCUT2D eigenvalue weighted by Crippen LogP contribution is 2.20. The molecule has 0 atom stereocenters. The fraction of sp³-hybridized carbons (Fsp3) is 0.235. The third-order valence-electron chi connectivity index (χ3n) is 2.93. The topological polar surface area (TPSA) is 38.3 Å². The summed E-state index contributed by atoms with van der Waals surface area (Å²) in [5.74, 6) is 2.06. The third kappa shape index (κ3) is 5.73. The van der Waals surface area contributed by atoms with Crippen LogP contribution in [-0.2, 0) is 4.79 Å². The average molecular weight is 380 g/mol. The van der Waals surface area contributed by atoms with Gasteiger partial charge in [-0.1, -0.05) is 40.2 Å². The van der Waals surface area contributed by atoms with Gasteiger partial charge in [0.05, 0.1) is 12.4 Å². The van der Waals surface area contributed by atoms with Crippen molar-refractivity contribution in [1.82, 2.24) is 0 Å². The molecule has 1 N–H and O–H groups in total. The Morgan fingerprint density at radius 1 is 1.23 bits per heavy atom. The van der Waals surface area contributed by atoms with Gasteiger partial charge in [-0.25, -0.2) is 0 Å². The summed E-state index contributed by atoms with van der Waals surface area (Å²) in [6, 6.07) is 15.5. The first-order valence-corrected chi connectivity index (χ1v) is 8.91. The maximum atomic E-state index is 11.9. The summed E-state index contributed by atoms with van der Waals surface area (Å²) in [4.78, 5) is 11.9. The van der Waals surface area contributed by atoms with Gasteiger partial charge < -0.3 is 10.1 Å².